The summed E-state index contributed by atoms with van der Waals surface area (Å²) < 4.78 is 6.20. The average molecular weight is 337 g/mol. The Labute approximate surface area is 123 Å². The highest BCUT2D eigenvalue weighted by atomic mass is 79.9. The van der Waals surface area contributed by atoms with Crippen LogP contribution < -0.4 is 5.73 Å². The smallest absolute Gasteiger partial charge is 0.323 e. The first-order valence-corrected chi connectivity index (χ1v) is 6.30. The number of nitrogens with two attached hydrogens (primary N) is 1. The molecule has 0 aliphatic heterocycles. The van der Waals surface area contributed by atoms with Gasteiger partial charge in [0.2, 0.25) is 0 Å². The van der Waals surface area contributed by atoms with Gasteiger partial charge >= 0.3 is 5.97 Å². The zero-order valence-electron chi connectivity index (χ0n) is 10.8. The van der Waals surface area contributed by atoms with Crippen LogP contribution in [0.4, 0.5) is 0 Å². The van der Waals surface area contributed by atoms with Crippen LogP contribution in [-0.2, 0) is 16.0 Å². The first-order valence-electron chi connectivity index (χ1n) is 5.51. The van der Waals surface area contributed by atoms with Gasteiger partial charge in [0.25, 0.3) is 0 Å². The molecule has 0 aliphatic carbocycles. The van der Waals surface area contributed by atoms with E-state index in [2.05, 4.69) is 15.9 Å². The molecular formula is C13H19BrClNO2. The van der Waals surface area contributed by atoms with Crippen LogP contribution in [0.5, 0.6) is 0 Å². The van der Waals surface area contributed by atoms with Crippen molar-refractivity contribution in [2.45, 2.75) is 38.8 Å². The largest absolute Gasteiger partial charge is 0.459 e. The number of benzene rings is 1. The normalized spacial score (nSPS) is 12.5. The number of ether oxygens (including phenoxy) is 1. The van der Waals surface area contributed by atoms with Crippen LogP contribution in [0.25, 0.3) is 0 Å². The minimum absolute atomic E-state index is 0. The Kier molecular flexibility index (Phi) is 6.89. The highest BCUT2D eigenvalue weighted by molar-refractivity contribution is 9.10. The van der Waals surface area contributed by atoms with E-state index in [-0.39, 0.29) is 18.4 Å². The Hall–Kier alpha value is -0.580. The number of hydrogen-bond acceptors (Lipinski definition) is 3. The summed E-state index contributed by atoms with van der Waals surface area (Å²) in [6, 6.07) is 7.12. The van der Waals surface area contributed by atoms with Crippen molar-refractivity contribution in [1.82, 2.24) is 0 Å². The third kappa shape index (κ3) is 6.38. The van der Waals surface area contributed by atoms with E-state index in [1.54, 1.807) is 0 Å². The minimum Gasteiger partial charge on any atom is -0.459 e. The van der Waals surface area contributed by atoms with Gasteiger partial charge in [0.15, 0.2) is 0 Å². The molecule has 3 nitrogen and oxygen atoms in total. The monoisotopic (exact) mass is 335 g/mol. The van der Waals surface area contributed by atoms with E-state index in [0.29, 0.717) is 6.42 Å². The SMILES string of the molecule is CC(C)(C)OC(=O)C(N)Cc1cccc(Br)c1.Cl. The molecule has 102 valence electrons. The van der Waals surface area contributed by atoms with Gasteiger partial charge in [-0.2, -0.15) is 0 Å². The van der Waals surface area contributed by atoms with E-state index in [9.17, 15) is 4.79 Å². The molecule has 0 fully saturated rings. The lowest BCUT2D eigenvalue weighted by atomic mass is 10.1. The Morgan fingerprint density at radius 2 is 2.06 bits per heavy atom. The van der Waals surface area contributed by atoms with Crippen molar-refractivity contribution in [2.75, 3.05) is 0 Å². The molecule has 0 amide bonds. The number of esters is 1. The van der Waals surface area contributed by atoms with Crippen LogP contribution in [0.15, 0.2) is 28.7 Å². The Bertz CT molecular complexity index is 404. The number of carbonyl (C=O) groups excluding carboxylic acids is 1. The maximum atomic E-state index is 11.7. The molecule has 1 atom stereocenters. The number of carbonyl (C=O) groups is 1. The Morgan fingerprint density at radius 1 is 1.44 bits per heavy atom. The molecule has 5 heteroatoms. The summed E-state index contributed by atoms with van der Waals surface area (Å²) in [4.78, 5) is 11.7. The van der Waals surface area contributed by atoms with Crippen LogP contribution in [0, 0.1) is 0 Å². The molecule has 1 unspecified atom stereocenters. The van der Waals surface area contributed by atoms with Gasteiger partial charge < -0.3 is 10.5 Å². The van der Waals surface area contributed by atoms with Gasteiger partial charge in [-0.3, -0.25) is 4.79 Å². The minimum atomic E-state index is -0.622. The second-order valence-corrected chi connectivity index (χ2v) is 5.89. The van der Waals surface area contributed by atoms with Gasteiger partial charge in [-0.1, -0.05) is 28.1 Å². The van der Waals surface area contributed by atoms with E-state index in [4.69, 9.17) is 10.5 Å². The predicted molar refractivity (Wildman–Crippen MR) is 78.9 cm³/mol. The van der Waals surface area contributed by atoms with E-state index in [1.807, 2.05) is 45.0 Å². The molecule has 1 aromatic rings. The quantitative estimate of drug-likeness (QED) is 0.863. The Balaban J connectivity index is 0.00000289. The van der Waals surface area contributed by atoms with Gasteiger partial charge in [0, 0.05) is 4.47 Å². The summed E-state index contributed by atoms with van der Waals surface area (Å²) in [5, 5.41) is 0. The summed E-state index contributed by atoms with van der Waals surface area (Å²) in [5.74, 6) is -0.363. The summed E-state index contributed by atoms with van der Waals surface area (Å²) in [6.07, 6.45) is 0.481. The molecule has 2 N–H and O–H groups in total. The highest BCUT2D eigenvalue weighted by Crippen LogP contribution is 2.14. The van der Waals surface area contributed by atoms with Gasteiger partial charge in [-0.15, -0.1) is 12.4 Å². The van der Waals surface area contributed by atoms with E-state index in [0.717, 1.165) is 10.0 Å². The lowest BCUT2D eigenvalue weighted by molar-refractivity contribution is -0.156. The second kappa shape index (κ2) is 7.12. The molecular weight excluding hydrogens is 318 g/mol. The molecule has 0 radical (unpaired) electrons. The van der Waals surface area contributed by atoms with Crippen LogP contribution >= 0.6 is 28.3 Å². The fourth-order valence-electron chi connectivity index (χ4n) is 1.38. The first-order chi connectivity index (χ1) is 7.78. The van der Waals surface area contributed by atoms with Crippen molar-refractivity contribution < 1.29 is 9.53 Å². The second-order valence-electron chi connectivity index (χ2n) is 4.97. The van der Waals surface area contributed by atoms with Crippen molar-refractivity contribution in [1.29, 1.82) is 0 Å². The van der Waals surface area contributed by atoms with Crippen molar-refractivity contribution in [3.05, 3.63) is 34.3 Å². The zero-order valence-corrected chi connectivity index (χ0v) is 13.2. The first kappa shape index (κ1) is 17.4. The van der Waals surface area contributed by atoms with Crippen molar-refractivity contribution in [3.63, 3.8) is 0 Å². The zero-order chi connectivity index (χ0) is 13.1. The molecule has 18 heavy (non-hydrogen) atoms. The molecule has 0 spiro atoms. The summed E-state index contributed by atoms with van der Waals surface area (Å²) in [6.45, 7) is 5.49. The van der Waals surface area contributed by atoms with Crippen LogP contribution in [-0.4, -0.2) is 17.6 Å². The third-order valence-electron chi connectivity index (χ3n) is 2.05. The molecule has 1 rings (SSSR count). The van der Waals surface area contributed by atoms with E-state index in [1.165, 1.54) is 0 Å². The highest BCUT2D eigenvalue weighted by Gasteiger charge is 2.22. The van der Waals surface area contributed by atoms with Crippen molar-refractivity contribution in [2.24, 2.45) is 5.73 Å². The maximum Gasteiger partial charge on any atom is 0.323 e. The van der Waals surface area contributed by atoms with E-state index >= 15 is 0 Å². The van der Waals surface area contributed by atoms with Gasteiger partial charge in [-0.25, -0.2) is 0 Å². The average Bonchev–Trinajstić information content (AvgIpc) is 2.14. The van der Waals surface area contributed by atoms with Gasteiger partial charge in [-0.05, 0) is 44.9 Å². The topological polar surface area (TPSA) is 52.3 Å². The van der Waals surface area contributed by atoms with Crippen LogP contribution in [0.2, 0.25) is 0 Å². The maximum absolute atomic E-state index is 11.7. The number of halogens is 2. The van der Waals surface area contributed by atoms with Crippen molar-refractivity contribution in [3.8, 4) is 0 Å². The Morgan fingerprint density at radius 3 is 2.56 bits per heavy atom. The fraction of sp³-hybridized carbons (Fsp3) is 0.462. The summed E-state index contributed by atoms with van der Waals surface area (Å²) in [5.41, 5.74) is 6.33. The van der Waals surface area contributed by atoms with Crippen LogP contribution in [0.1, 0.15) is 26.3 Å². The fourth-order valence-corrected chi connectivity index (χ4v) is 1.83. The predicted octanol–water partition coefficient (Wildman–Crippen LogP) is 3.08. The number of rotatable bonds is 3. The third-order valence-corrected chi connectivity index (χ3v) is 2.55. The molecule has 0 saturated heterocycles. The number of hydrogen-bond donors (Lipinski definition) is 1. The lowest BCUT2D eigenvalue weighted by Gasteiger charge is -2.22. The molecule has 0 bridgehead atoms. The van der Waals surface area contributed by atoms with E-state index < -0.39 is 11.6 Å². The molecule has 0 aliphatic rings. The summed E-state index contributed by atoms with van der Waals surface area (Å²) >= 11 is 3.38. The molecule has 0 aromatic heterocycles. The lowest BCUT2D eigenvalue weighted by Crippen LogP contribution is -2.38. The molecule has 0 saturated carbocycles. The van der Waals surface area contributed by atoms with Gasteiger partial charge in [0.05, 0.1) is 0 Å². The van der Waals surface area contributed by atoms with Gasteiger partial charge in [0.1, 0.15) is 11.6 Å². The van der Waals surface area contributed by atoms with Crippen molar-refractivity contribution >= 4 is 34.3 Å². The standard InChI is InChI=1S/C13H18BrNO2.ClH/c1-13(2,3)17-12(16)11(15)8-9-5-4-6-10(14)7-9;/h4-7,11H,8,15H2,1-3H3;1H. The van der Waals surface area contributed by atoms with Crippen LogP contribution in [0.3, 0.4) is 0 Å². The molecule has 1 aromatic carbocycles. The molecule has 0 heterocycles. The summed E-state index contributed by atoms with van der Waals surface area (Å²) in [7, 11) is 0.